The summed E-state index contributed by atoms with van der Waals surface area (Å²) in [5.41, 5.74) is 2.22. The van der Waals surface area contributed by atoms with Crippen LogP contribution in [0, 0.1) is 6.92 Å². The summed E-state index contributed by atoms with van der Waals surface area (Å²) in [5, 5.41) is 4.39. The molecule has 146 valence electrons. The van der Waals surface area contributed by atoms with Crippen molar-refractivity contribution in [2.75, 3.05) is 18.2 Å². The van der Waals surface area contributed by atoms with Crippen LogP contribution in [0.3, 0.4) is 0 Å². The third-order valence-corrected chi connectivity index (χ3v) is 5.87. The molecule has 5 nitrogen and oxygen atoms in total. The van der Waals surface area contributed by atoms with Crippen molar-refractivity contribution >= 4 is 45.9 Å². The maximum Gasteiger partial charge on any atom is 0.252 e. The molecule has 2 aromatic carbocycles. The van der Waals surface area contributed by atoms with E-state index in [0.29, 0.717) is 23.0 Å². The van der Waals surface area contributed by atoms with Crippen molar-refractivity contribution in [3.8, 4) is 5.75 Å². The molecule has 7 heteroatoms. The summed E-state index contributed by atoms with van der Waals surface area (Å²) in [6.07, 6.45) is 0. The lowest BCUT2D eigenvalue weighted by molar-refractivity contribution is -0.113. The largest absolute Gasteiger partial charge is 0.495 e. The van der Waals surface area contributed by atoms with Gasteiger partial charge in [0.15, 0.2) is 0 Å². The number of anilines is 1. The monoisotopic (exact) mass is 416 g/mol. The highest BCUT2D eigenvalue weighted by Gasteiger charge is 2.13. The number of rotatable bonds is 6. The van der Waals surface area contributed by atoms with E-state index in [2.05, 4.69) is 5.32 Å². The molecule has 1 N–H and O–H groups in total. The third kappa shape index (κ3) is 4.18. The summed E-state index contributed by atoms with van der Waals surface area (Å²) in [7, 11) is 1.53. The number of thioether (sulfide) groups is 1. The molecular formula is C21H21ClN2O3S. The lowest BCUT2D eigenvalue weighted by atomic mass is 10.2. The lowest BCUT2D eigenvalue weighted by Gasteiger charge is -2.13. The molecule has 0 unspecified atom stereocenters. The Morgan fingerprint density at radius 1 is 1.25 bits per heavy atom. The second-order valence-electron chi connectivity index (χ2n) is 6.25. The van der Waals surface area contributed by atoms with Crippen LogP contribution in [0.4, 0.5) is 5.69 Å². The van der Waals surface area contributed by atoms with Gasteiger partial charge in [-0.15, -0.1) is 11.8 Å². The number of carbonyl (C=O) groups excluding carboxylic acids is 1. The zero-order valence-electron chi connectivity index (χ0n) is 15.9. The number of para-hydroxylation sites is 1. The van der Waals surface area contributed by atoms with Crippen molar-refractivity contribution in [1.82, 2.24) is 4.57 Å². The first-order chi connectivity index (χ1) is 13.4. The van der Waals surface area contributed by atoms with Crippen molar-refractivity contribution < 1.29 is 9.53 Å². The third-order valence-electron chi connectivity index (χ3n) is 4.41. The molecule has 0 bridgehead atoms. The minimum absolute atomic E-state index is 0.0703. The number of amides is 1. The van der Waals surface area contributed by atoms with Gasteiger partial charge in [-0.3, -0.25) is 9.59 Å². The highest BCUT2D eigenvalue weighted by Crippen LogP contribution is 2.31. The second kappa shape index (κ2) is 8.71. The molecule has 0 aliphatic rings. The van der Waals surface area contributed by atoms with Crippen molar-refractivity contribution in [3.05, 3.63) is 63.4 Å². The Balaban J connectivity index is 1.81. The number of nitrogens with zero attached hydrogens (tertiary/aromatic N) is 1. The Morgan fingerprint density at radius 2 is 2.00 bits per heavy atom. The van der Waals surface area contributed by atoms with Gasteiger partial charge in [0, 0.05) is 34.0 Å². The van der Waals surface area contributed by atoms with Gasteiger partial charge in [0.25, 0.3) is 5.56 Å². The van der Waals surface area contributed by atoms with E-state index in [4.69, 9.17) is 16.3 Å². The van der Waals surface area contributed by atoms with Gasteiger partial charge in [-0.1, -0.05) is 29.8 Å². The zero-order valence-corrected chi connectivity index (χ0v) is 17.5. The van der Waals surface area contributed by atoms with Crippen LogP contribution in [0.5, 0.6) is 5.75 Å². The van der Waals surface area contributed by atoms with E-state index >= 15 is 0 Å². The van der Waals surface area contributed by atoms with Crippen LogP contribution in [0.15, 0.2) is 52.2 Å². The van der Waals surface area contributed by atoms with Crippen LogP contribution >= 0.6 is 23.4 Å². The molecule has 0 atom stereocenters. The Kier molecular flexibility index (Phi) is 6.31. The number of halogens is 1. The maximum atomic E-state index is 12.5. The van der Waals surface area contributed by atoms with Crippen molar-refractivity contribution in [2.24, 2.45) is 0 Å². The first kappa shape index (κ1) is 20.3. The van der Waals surface area contributed by atoms with Crippen LogP contribution in [0.25, 0.3) is 10.9 Å². The summed E-state index contributed by atoms with van der Waals surface area (Å²) in [5.74, 6) is 0.489. The molecule has 1 amide bonds. The van der Waals surface area contributed by atoms with Gasteiger partial charge >= 0.3 is 0 Å². The number of methoxy groups -OCH3 is 1. The van der Waals surface area contributed by atoms with Gasteiger partial charge in [-0.2, -0.15) is 0 Å². The fourth-order valence-corrected chi connectivity index (χ4v) is 4.03. The van der Waals surface area contributed by atoms with Crippen molar-refractivity contribution in [1.29, 1.82) is 0 Å². The summed E-state index contributed by atoms with van der Waals surface area (Å²) in [6.45, 7) is 4.40. The summed E-state index contributed by atoms with van der Waals surface area (Å²) >= 11 is 7.45. The van der Waals surface area contributed by atoms with E-state index < -0.39 is 0 Å². The average Bonchev–Trinajstić information content (AvgIpc) is 2.68. The van der Waals surface area contributed by atoms with Gasteiger partial charge in [-0.25, -0.2) is 0 Å². The molecule has 1 aromatic heterocycles. The summed E-state index contributed by atoms with van der Waals surface area (Å²) in [6, 6.07) is 12.8. The fraction of sp³-hybridized carbons (Fsp3) is 0.238. The van der Waals surface area contributed by atoms with E-state index in [-0.39, 0.29) is 17.2 Å². The Hall–Kier alpha value is -2.44. The minimum atomic E-state index is -0.186. The number of benzene rings is 2. The quantitative estimate of drug-likeness (QED) is 0.590. The zero-order chi connectivity index (χ0) is 20.3. The van der Waals surface area contributed by atoms with Crippen LogP contribution in [0.2, 0.25) is 5.02 Å². The standard InChI is InChI=1S/C21H21ClN2O3S/c1-4-24-17-8-6-5-7-14(17)19(11-21(24)26)28-12-20(25)23-16-9-13(2)15(22)10-18(16)27-3/h5-11H,4,12H2,1-3H3,(H,23,25). The smallest absolute Gasteiger partial charge is 0.252 e. The number of pyridine rings is 1. The highest BCUT2D eigenvalue weighted by molar-refractivity contribution is 8.00. The SMILES string of the molecule is CCn1c(=O)cc(SCC(=O)Nc2cc(C)c(Cl)cc2OC)c2ccccc21. The van der Waals surface area contributed by atoms with Crippen molar-refractivity contribution in [3.63, 3.8) is 0 Å². The Morgan fingerprint density at radius 3 is 2.71 bits per heavy atom. The molecule has 3 rings (SSSR count). The number of ether oxygens (including phenoxy) is 1. The molecule has 28 heavy (non-hydrogen) atoms. The molecule has 0 radical (unpaired) electrons. The molecule has 0 aliphatic carbocycles. The predicted octanol–water partition coefficient (Wildman–Crippen LogP) is 4.72. The van der Waals surface area contributed by atoms with Crippen LogP contribution in [-0.4, -0.2) is 23.3 Å². The highest BCUT2D eigenvalue weighted by atomic mass is 35.5. The lowest BCUT2D eigenvalue weighted by Crippen LogP contribution is -2.19. The fourth-order valence-electron chi connectivity index (χ4n) is 3.01. The van der Waals surface area contributed by atoms with Gasteiger partial charge in [0.2, 0.25) is 5.91 Å². The molecule has 0 spiro atoms. The minimum Gasteiger partial charge on any atom is -0.495 e. The number of carbonyl (C=O) groups is 1. The summed E-state index contributed by atoms with van der Waals surface area (Å²) in [4.78, 5) is 25.7. The van der Waals surface area contributed by atoms with Crippen LogP contribution in [-0.2, 0) is 11.3 Å². The van der Waals surface area contributed by atoms with Crippen LogP contribution < -0.4 is 15.6 Å². The summed E-state index contributed by atoms with van der Waals surface area (Å²) < 4.78 is 7.02. The first-order valence-corrected chi connectivity index (χ1v) is 10.2. The van der Waals surface area contributed by atoms with Crippen LogP contribution in [0.1, 0.15) is 12.5 Å². The molecular weight excluding hydrogens is 396 g/mol. The molecule has 0 fully saturated rings. The molecule has 0 saturated heterocycles. The Bertz CT molecular complexity index is 1090. The van der Waals surface area contributed by atoms with Gasteiger partial charge in [-0.05, 0) is 31.5 Å². The number of nitrogens with one attached hydrogen (secondary N) is 1. The molecule has 0 saturated carbocycles. The molecule has 0 aliphatic heterocycles. The molecule has 1 heterocycles. The first-order valence-electron chi connectivity index (χ1n) is 8.84. The van der Waals surface area contributed by atoms with Gasteiger partial charge in [0.1, 0.15) is 5.75 Å². The Labute approximate surface area is 172 Å². The number of aromatic nitrogens is 1. The normalized spacial score (nSPS) is 10.9. The maximum absolute atomic E-state index is 12.5. The van der Waals surface area contributed by atoms with Gasteiger partial charge in [0.05, 0.1) is 24.1 Å². The predicted molar refractivity (Wildman–Crippen MR) is 116 cm³/mol. The van der Waals surface area contributed by atoms with E-state index in [0.717, 1.165) is 21.4 Å². The second-order valence-corrected chi connectivity index (χ2v) is 7.67. The number of hydrogen-bond donors (Lipinski definition) is 1. The van der Waals surface area contributed by atoms with E-state index in [1.807, 2.05) is 38.1 Å². The number of hydrogen-bond acceptors (Lipinski definition) is 4. The van der Waals surface area contributed by atoms with Gasteiger partial charge < -0.3 is 14.6 Å². The topological polar surface area (TPSA) is 60.3 Å². The van der Waals surface area contributed by atoms with E-state index in [9.17, 15) is 9.59 Å². The number of fused-ring (bicyclic) bond motifs is 1. The number of aryl methyl sites for hydroxylation is 2. The van der Waals surface area contributed by atoms with E-state index in [1.165, 1.54) is 18.9 Å². The average molecular weight is 417 g/mol. The van der Waals surface area contributed by atoms with Crippen molar-refractivity contribution in [2.45, 2.75) is 25.3 Å². The van der Waals surface area contributed by atoms with E-state index in [1.54, 1.807) is 22.8 Å². The molecule has 3 aromatic rings.